The van der Waals surface area contributed by atoms with Crippen LogP contribution in [0.5, 0.6) is 0 Å². The van der Waals surface area contributed by atoms with Crippen LogP contribution in [0.1, 0.15) is 79.1 Å². The molecule has 0 bridgehead atoms. The van der Waals surface area contributed by atoms with Gasteiger partial charge in [-0.1, -0.05) is 11.1 Å². The van der Waals surface area contributed by atoms with Crippen LogP contribution < -0.4 is 16.0 Å². The first-order valence-electron chi connectivity index (χ1n) is 17.8. The van der Waals surface area contributed by atoms with Crippen molar-refractivity contribution in [2.24, 2.45) is 0 Å². The summed E-state index contributed by atoms with van der Waals surface area (Å²) in [6.07, 6.45) is 2.43. The third-order valence-electron chi connectivity index (χ3n) is 8.26. The highest BCUT2D eigenvalue weighted by Crippen LogP contribution is 2.12. The van der Waals surface area contributed by atoms with Crippen LogP contribution in [0.2, 0.25) is 0 Å². The maximum absolute atomic E-state index is 12.6. The number of carbonyl (C=O) groups excluding carboxylic acids is 7. The van der Waals surface area contributed by atoms with Crippen molar-refractivity contribution in [2.45, 2.75) is 103 Å². The number of hydrogen-bond donors (Lipinski definition) is 6. The first-order valence-corrected chi connectivity index (χ1v) is 17.8. The summed E-state index contributed by atoms with van der Waals surface area (Å²) in [6.45, 7) is 3.87. The minimum atomic E-state index is -1.29. The lowest BCUT2D eigenvalue weighted by Crippen LogP contribution is -2.61. The molecule has 6 amide bonds. The maximum Gasteiger partial charge on any atom is 0.328 e. The molecule has 0 radical (unpaired) electrons. The Hall–Kier alpha value is -4.73. The van der Waals surface area contributed by atoms with E-state index in [0.717, 1.165) is 18.2 Å². The third kappa shape index (κ3) is 18.9. The van der Waals surface area contributed by atoms with E-state index < -0.39 is 72.2 Å². The molecule has 0 aromatic rings. The van der Waals surface area contributed by atoms with Crippen LogP contribution in [0.15, 0.2) is 34.9 Å². The standard InChI is InChI=1S/C35H53N6O14/c1-22(11-16-42)18-30(46)39(52)13-5-8-26-33(49)38-27(34(50)37-26)9-6-14-40(53)31(47)19-23(2)12-17-55-35(51)28(36-25(4)44)10-7-15-41(54)32(48)20-24(3)29(45)21-43/h18-20,26-29,42-43,45H,5-17,21H2,1-4H3,(H,36,44)(H,37,50)(H,38,49)/q-3/b22-18-,23-19-,24-20+. The van der Waals surface area contributed by atoms with Gasteiger partial charge in [-0.2, -0.15) is 0 Å². The fraction of sp³-hybridized carbons (Fsp3) is 0.629. The quantitative estimate of drug-likeness (QED) is 0.0401. The second-order valence-electron chi connectivity index (χ2n) is 13.1. The van der Waals surface area contributed by atoms with Crippen molar-refractivity contribution in [3.63, 3.8) is 0 Å². The summed E-state index contributed by atoms with van der Waals surface area (Å²) in [4.78, 5) is 85.6. The van der Waals surface area contributed by atoms with Crippen LogP contribution in [0.25, 0.3) is 0 Å². The van der Waals surface area contributed by atoms with Crippen molar-refractivity contribution in [3.8, 4) is 0 Å². The number of ether oxygens (including phenoxy) is 1. The zero-order valence-corrected chi connectivity index (χ0v) is 31.6. The monoisotopic (exact) mass is 781 g/mol. The third-order valence-corrected chi connectivity index (χ3v) is 8.26. The first-order chi connectivity index (χ1) is 25.9. The van der Waals surface area contributed by atoms with Crippen molar-refractivity contribution < 1.29 is 53.6 Å². The normalized spacial score (nSPS) is 17.4. The Labute approximate surface area is 319 Å². The minimum Gasteiger partial charge on any atom is -0.756 e. The van der Waals surface area contributed by atoms with Gasteiger partial charge < -0.3 is 66.8 Å². The van der Waals surface area contributed by atoms with Gasteiger partial charge in [0.25, 0.3) is 0 Å². The Bertz CT molecular complexity index is 1430. The molecule has 0 saturated carbocycles. The Morgan fingerprint density at radius 1 is 0.764 bits per heavy atom. The molecule has 1 fully saturated rings. The predicted molar refractivity (Wildman–Crippen MR) is 196 cm³/mol. The van der Waals surface area contributed by atoms with Crippen molar-refractivity contribution in [1.82, 2.24) is 31.1 Å². The first kappa shape index (κ1) is 48.3. The van der Waals surface area contributed by atoms with Crippen molar-refractivity contribution in [1.29, 1.82) is 0 Å². The lowest BCUT2D eigenvalue weighted by Gasteiger charge is -2.32. The van der Waals surface area contributed by atoms with E-state index in [9.17, 15) is 54.3 Å². The number of nitrogens with zero attached hydrogens (tertiary/aromatic N) is 3. The molecule has 4 atom stereocenters. The van der Waals surface area contributed by atoms with E-state index in [2.05, 4.69) is 16.0 Å². The lowest BCUT2D eigenvalue weighted by molar-refractivity contribution is -0.147. The van der Waals surface area contributed by atoms with Gasteiger partial charge in [-0.15, -0.1) is 0 Å². The summed E-state index contributed by atoms with van der Waals surface area (Å²) >= 11 is 0. The molecule has 1 heterocycles. The fourth-order valence-corrected chi connectivity index (χ4v) is 5.03. The Kier molecular flexibility index (Phi) is 22.3. The Morgan fingerprint density at radius 3 is 1.67 bits per heavy atom. The summed E-state index contributed by atoms with van der Waals surface area (Å²) in [5.41, 5.74) is 1.03. The number of aliphatic hydroxyl groups is 3. The van der Waals surface area contributed by atoms with Gasteiger partial charge in [-0.05, 0) is 71.3 Å². The molecule has 0 spiro atoms. The number of hydroxylamine groups is 6. The van der Waals surface area contributed by atoms with E-state index in [-0.39, 0.29) is 105 Å². The summed E-state index contributed by atoms with van der Waals surface area (Å²) < 4.78 is 5.21. The number of aliphatic hydroxyl groups excluding tert-OH is 3. The Balaban J connectivity index is 2.48. The molecule has 1 aliphatic heterocycles. The molecule has 6 N–H and O–H groups in total. The van der Waals surface area contributed by atoms with Crippen LogP contribution in [-0.4, -0.2) is 136 Å². The minimum absolute atomic E-state index is 0.00859. The van der Waals surface area contributed by atoms with Gasteiger partial charge in [0, 0.05) is 57.8 Å². The maximum atomic E-state index is 12.6. The topological polar surface area (TPSA) is 304 Å². The zero-order valence-electron chi connectivity index (χ0n) is 31.6. The summed E-state index contributed by atoms with van der Waals surface area (Å²) in [5, 5.41) is 71.8. The number of carbonyl (C=O) groups is 7. The number of piperazine rings is 1. The molecule has 4 unspecified atom stereocenters. The molecule has 20 heteroatoms. The number of amides is 6. The van der Waals surface area contributed by atoms with Gasteiger partial charge >= 0.3 is 5.97 Å². The largest absolute Gasteiger partial charge is 0.756 e. The van der Waals surface area contributed by atoms with E-state index in [1.807, 2.05) is 0 Å². The van der Waals surface area contributed by atoms with Crippen LogP contribution >= 0.6 is 0 Å². The fourth-order valence-electron chi connectivity index (χ4n) is 5.03. The molecule has 0 aliphatic carbocycles. The molecule has 310 valence electrons. The molecule has 1 rings (SSSR count). The number of esters is 1. The highest BCUT2D eigenvalue weighted by atomic mass is 16.5. The second-order valence-corrected chi connectivity index (χ2v) is 13.1. The molecule has 55 heavy (non-hydrogen) atoms. The molecular weight excluding hydrogens is 728 g/mol. The highest BCUT2D eigenvalue weighted by Gasteiger charge is 2.33. The van der Waals surface area contributed by atoms with E-state index >= 15 is 0 Å². The van der Waals surface area contributed by atoms with Crippen LogP contribution in [0.3, 0.4) is 0 Å². The molecule has 20 nitrogen and oxygen atoms in total. The van der Waals surface area contributed by atoms with E-state index in [4.69, 9.17) is 14.9 Å². The van der Waals surface area contributed by atoms with Crippen molar-refractivity contribution in [3.05, 3.63) is 50.6 Å². The highest BCUT2D eigenvalue weighted by molar-refractivity contribution is 5.97. The number of rotatable bonds is 24. The molecular formula is C35H53N6O14-3. The number of hydrogen-bond acceptors (Lipinski definition) is 14. The van der Waals surface area contributed by atoms with Crippen LogP contribution in [0.4, 0.5) is 0 Å². The van der Waals surface area contributed by atoms with E-state index in [1.54, 1.807) is 6.92 Å². The van der Waals surface area contributed by atoms with Gasteiger partial charge in [0.1, 0.15) is 18.1 Å². The SMILES string of the molecule is CC(=O)NC(CCCN([O-])C(=O)/C=C(\C)C(O)CO)C(=O)OCC/C(C)=C\C(=O)N([O-])CCCC1NC(=O)C(CCCN([O-])C(=O)/C=C(/C)CCO)NC1=O. The molecule has 1 aliphatic rings. The van der Waals surface area contributed by atoms with Gasteiger partial charge in [0.2, 0.25) is 35.4 Å². The Morgan fingerprint density at radius 2 is 1.22 bits per heavy atom. The second kappa shape index (κ2) is 25.4. The summed E-state index contributed by atoms with van der Waals surface area (Å²) in [7, 11) is 0. The molecule has 0 aromatic heterocycles. The average molecular weight is 782 g/mol. The summed E-state index contributed by atoms with van der Waals surface area (Å²) in [6, 6.07) is -3.00. The van der Waals surface area contributed by atoms with Crippen LogP contribution in [-0.2, 0) is 38.3 Å². The van der Waals surface area contributed by atoms with Gasteiger partial charge in [0.15, 0.2) is 0 Å². The number of nitrogens with one attached hydrogen (secondary N) is 3. The average Bonchev–Trinajstić information content (AvgIpc) is 3.11. The molecule has 0 aromatic carbocycles. The van der Waals surface area contributed by atoms with Gasteiger partial charge in [0.05, 0.1) is 19.3 Å². The van der Waals surface area contributed by atoms with Gasteiger partial charge in [-0.3, -0.25) is 28.8 Å². The predicted octanol–water partition coefficient (Wildman–Crippen LogP) is -0.698. The lowest BCUT2D eigenvalue weighted by atomic mass is 10.0. The van der Waals surface area contributed by atoms with Crippen LogP contribution in [0, 0.1) is 15.6 Å². The smallest absolute Gasteiger partial charge is 0.328 e. The van der Waals surface area contributed by atoms with Gasteiger partial charge in [-0.25, -0.2) is 4.79 Å². The molecule has 1 saturated heterocycles. The van der Waals surface area contributed by atoms with Crippen molar-refractivity contribution in [2.75, 3.05) is 39.5 Å². The van der Waals surface area contributed by atoms with E-state index in [1.165, 1.54) is 20.8 Å². The van der Waals surface area contributed by atoms with Crippen molar-refractivity contribution >= 4 is 41.4 Å². The van der Waals surface area contributed by atoms with E-state index in [0.29, 0.717) is 11.1 Å². The zero-order chi connectivity index (χ0) is 41.7. The summed E-state index contributed by atoms with van der Waals surface area (Å²) in [5.74, 6) is -5.01.